The number of anilines is 1. The van der Waals surface area contributed by atoms with Crippen molar-refractivity contribution in [3.8, 4) is 0 Å². The molecule has 0 bridgehead atoms. The minimum absolute atomic E-state index is 0.180. The summed E-state index contributed by atoms with van der Waals surface area (Å²) >= 11 is 11.9. The van der Waals surface area contributed by atoms with Crippen molar-refractivity contribution < 1.29 is 4.42 Å². The lowest BCUT2D eigenvalue weighted by atomic mass is 10.1. The van der Waals surface area contributed by atoms with Gasteiger partial charge in [0.05, 0.1) is 23.0 Å². The summed E-state index contributed by atoms with van der Waals surface area (Å²) in [6, 6.07) is 8.20. The molecule has 2 heterocycles. The number of halogens is 1. The van der Waals surface area contributed by atoms with Gasteiger partial charge in [0.2, 0.25) is 0 Å². The van der Waals surface area contributed by atoms with Crippen LogP contribution in [0.5, 0.6) is 0 Å². The zero-order chi connectivity index (χ0) is 18.5. The third-order valence-electron chi connectivity index (χ3n) is 4.83. The maximum absolute atomic E-state index is 6.37. The molecule has 1 atom stereocenters. The molecule has 1 aliphatic heterocycles. The molecule has 1 aliphatic rings. The van der Waals surface area contributed by atoms with E-state index in [9.17, 15) is 0 Å². The molecule has 2 N–H and O–H groups in total. The number of hydrogen-bond donors (Lipinski definition) is 2. The number of benzene rings is 1. The Kier molecular flexibility index (Phi) is 6.57. The van der Waals surface area contributed by atoms with Crippen LogP contribution in [0.3, 0.4) is 0 Å². The monoisotopic (exact) mass is 391 g/mol. The van der Waals surface area contributed by atoms with Crippen LogP contribution in [-0.2, 0) is 0 Å². The Morgan fingerprint density at radius 3 is 2.69 bits per heavy atom. The highest BCUT2D eigenvalue weighted by Crippen LogP contribution is 2.28. The normalized spacial score (nSPS) is 16.3. The van der Waals surface area contributed by atoms with Gasteiger partial charge < -0.3 is 15.1 Å². The molecule has 0 aliphatic carbocycles. The van der Waals surface area contributed by atoms with Crippen LogP contribution in [0, 0.1) is 13.8 Å². The first kappa shape index (κ1) is 19.2. The first-order valence-corrected chi connectivity index (χ1v) is 9.92. The van der Waals surface area contributed by atoms with Gasteiger partial charge in [0.1, 0.15) is 5.76 Å². The van der Waals surface area contributed by atoms with Crippen molar-refractivity contribution in [2.75, 3.05) is 25.0 Å². The average Bonchev–Trinajstić information content (AvgIpc) is 3.13. The molecule has 0 radical (unpaired) electrons. The van der Waals surface area contributed by atoms with E-state index in [0.29, 0.717) is 16.7 Å². The van der Waals surface area contributed by atoms with E-state index in [1.165, 1.54) is 19.3 Å². The van der Waals surface area contributed by atoms with Crippen LogP contribution in [0.15, 0.2) is 34.9 Å². The summed E-state index contributed by atoms with van der Waals surface area (Å²) in [5.74, 6) is 0.978. The van der Waals surface area contributed by atoms with E-state index in [1.807, 2.05) is 32.0 Å². The molecule has 1 aromatic carbocycles. The fraction of sp³-hybridized carbons (Fsp3) is 0.450. The summed E-state index contributed by atoms with van der Waals surface area (Å²) in [6.07, 6.45) is 5.51. The predicted molar refractivity (Wildman–Crippen MR) is 112 cm³/mol. The molecule has 0 unspecified atom stereocenters. The van der Waals surface area contributed by atoms with Crippen LogP contribution in [-0.4, -0.2) is 29.6 Å². The van der Waals surface area contributed by atoms with Crippen LogP contribution in [0.4, 0.5) is 5.69 Å². The minimum Gasteiger partial charge on any atom is -0.468 e. The molecule has 0 saturated carbocycles. The van der Waals surface area contributed by atoms with Gasteiger partial charge >= 0.3 is 0 Å². The van der Waals surface area contributed by atoms with Crippen molar-refractivity contribution in [1.29, 1.82) is 0 Å². The molecule has 1 saturated heterocycles. The maximum atomic E-state index is 6.37. The van der Waals surface area contributed by atoms with Crippen molar-refractivity contribution in [1.82, 2.24) is 10.2 Å². The summed E-state index contributed by atoms with van der Waals surface area (Å²) in [6.45, 7) is 6.95. The van der Waals surface area contributed by atoms with E-state index in [-0.39, 0.29) is 6.04 Å². The SMILES string of the molecule is Cc1cc(C)c(NC(=S)NC[C@H](c2ccco2)N2CCCCC2)c(Cl)c1. The zero-order valence-electron chi connectivity index (χ0n) is 15.3. The summed E-state index contributed by atoms with van der Waals surface area (Å²) in [5.41, 5.74) is 3.08. The Morgan fingerprint density at radius 1 is 1.27 bits per heavy atom. The van der Waals surface area contributed by atoms with E-state index in [4.69, 9.17) is 28.2 Å². The number of rotatable bonds is 5. The fourth-order valence-electron chi connectivity index (χ4n) is 3.54. The Balaban J connectivity index is 1.64. The van der Waals surface area contributed by atoms with Crippen molar-refractivity contribution in [3.63, 3.8) is 0 Å². The molecular formula is C20H26ClN3OS. The van der Waals surface area contributed by atoms with Crippen LogP contribution in [0.1, 0.15) is 42.2 Å². The van der Waals surface area contributed by atoms with Crippen molar-refractivity contribution in [2.24, 2.45) is 0 Å². The number of hydrogen-bond acceptors (Lipinski definition) is 3. The lowest BCUT2D eigenvalue weighted by Gasteiger charge is -2.33. The van der Waals surface area contributed by atoms with Gasteiger partial charge in [0.25, 0.3) is 0 Å². The lowest BCUT2D eigenvalue weighted by molar-refractivity contribution is 0.146. The van der Waals surface area contributed by atoms with Crippen molar-refractivity contribution in [2.45, 2.75) is 39.2 Å². The maximum Gasteiger partial charge on any atom is 0.170 e. The predicted octanol–water partition coefficient (Wildman–Crippen LogP) is 5.06. The van der Waals surface area contributed by atoms with Gasteiger partial charge in [0, 0.05) is 6.54 Å². The molecule has 140 valence electrons. The summed E-state index contributed by atoms with van der Waals surface area (Å²) in [4.78, 5) is 2.47. The van der Waals surface area contributed by atoms with Gasteiger partial charge in [0.15, 0.2) is 5.11 Å². The van der Waals surface area contributed by atoms with Crippen molar-refractivity contribution >= 4 is 34.6 Å². The highest BCUT2D eigenvalue weighted by molar-refractivity contribution is 7.80. The van der Waals surface area contributed by atoms with E-state index >= 15 is 0 Å². The summed E-state index contributed by atoms with van der Waals surface area (Å²) in [5, 5.41) is 7.86. The number of thiocarbonyl (C=S) groups is 1. The van der Waals surface area contributed by atoms with Gasteiger partial charge in [-0.1, -0.05) is 24.1 Å². The molecule has 4 nitrogen and oxygen atoms in total. The van der Waals surface area contributed by atoms with Crippen LogP contribution in [0.25, 0.3) is 0 Å². The fourth-order valence-corrected chi connectivity index (χ4v) is 4.10. The molecule has 26 heavy (non-hydrogen) atoms. The number of aryl methyl sites for hydroxylation is 2. The average molecular weight is 392 g/mol. The first-order valence-electron chi connectivity index (χ1n) is 9.13. The van der Waals surface area contributed by atoms with E-state index < -0.39 is 0 Å². The molecule has 0 amide bonds. The third kappa shape index (κ3) is 4.78. The van der Waals surface area contributed by atoms with Crippen LogP contribution in [0.2, 0.25) is 5.02 Å². The van der Waals surface area contributed by atoms with Crippen molar-refractivity contribution in [3.05, 3.63) is 52.4 Å². The summed E-state index contributed by atoms with van der Waals surface area (Å²) in [7, 11) is 0. The van der Waals surface area contributed by atoms with E-state index in [2.05, 4.69) is 21.6 Å². The second-order valence-electron chi connectivity index (χ2n) is 6.90. The molecule has 2 aromatic rings. The number of nitrogens with one attached hydrogen (secondary N) is 2. The highest BCUT2D eigenvalue weighted by Gasteiger charge is 2.24. The second-order valence-corrected chi connectivity index (χ2v) is 7.72. The van der Waals surface area contributed by atoms with Gasteiger partial charge in [-0.15, -0.1) is 0 Å². The number of nitrogens with zero attached hydrogens (tertiary/aromatic N) is 1. The lowest BCUT2D eigenvalue weighted by Crippen LogP contribution is -2.41. The number of likely N-dealkylation sites (tertiary alicyclic amines) is 1. The quantitative estimate of drug-likeness (QED) is 0.697. The molecule has 1 aromatic heterocycles. The van der Waals surface area contributed by atoms with Crippen LogP contribution >= 0.6 is 23.8 Å². The number of piperidine rings is 1. The van der Waals surface area contributed by atoms with Gasteiger partial charge in [-0.3, -0.25) is 4.90 Å². The van der Waals surface area contributed by atoms with Gasteiger partial charge in [-0.25, -0.2) is 0 Å². The van der Waals surface area contributed by atoms with E-state index in [1.54, 1.807) is 6.26 Å². The molecule has 3 rings (SSSR count). The topological polar surface area (TPSA) is 40.4 Å². The Labute approximate surface area is 165 Å². The Morgan fingerprint density at radius 2 is 2.04 bits per heavy atom. The Bertz CT molecular complexity index is 719. The highest BCUT2D eigenvalue weighted by atomic mass is 35.5. The zero-order valence-corrected chi connectivity index (χ0v) is 16.9. The first-order chi connectivity index (χ1) is 12.5. The molecule has 6 heteroatoms. The summed E-state index contributed by atoms with van der Waals surface area (Å²) < 4.78 is 5.68. The Hall–Kier alpha value is -1.56. The second kappa shape index (κ2) is 8.89. The molecule has 1 fully saturated rings. The largest absolute Gasteiger partial charge is 0.468 e. The standard InChI is InChI=1S/C20H26ClN3OS/c1-14-11-15(2)19(16(21)12-14)23-20(26)22-13-17(18-7-6-10-25-18)24-8-4-3-5-9-24/h6-7,10-12,17H,3-5,8-9,13H2,1-2H3,(H2,22,23,26)/t17-/m1/s1. The minimum atomic E-state index is 0.180. The third-order valence-corrected chi connectivity index (χ3v) is 5.37. The van der Waals surface area contributed by atoms with Crippen LogP contribution < -0.4 is 10.6 Å². The van der Waals surface area contributed by atoms with Gasteiger partial charge in [-0.2, -0.15) is 0 Å². The van der Waals surface area contributed by atoms with Gasteiger partial charge in [-0.05, 0) is 81.3 Å². The molecule has 0 spiro atoms. The smallest absolute Gasteiger partial charge is 0.170 e. The van der Waals surface area contributed by atoms with E-state index in [0.717, 1.165) is 35.7 Å². The number of furan rings is 1. The molecular weight excluding hydrogens is 366 g/mol.